The second-order valence-electron chi connectivity index (χ2n) is 7.12. The molecule has 1 aromatic carbocycles. The topological polar surface area (TPSA) is 47.6 Å². The van der Waals surface area contributed by atoms with Gasteiger partial charge in [0.25, 0.3) is 5.91 Å². The van der Waals surface area contributed by atoms with Gasteiger partial charge in [-0.05, 0) is 51.2 Å². The number of hydrogen-bond donors (Lipinski definition) is 1. The Morgan fingerprint density at radius 1 is 1.30 bits per heavy atom. The van der Waals surface area contributed by atoms with Crippen molar-refractivity contribution in [3.63, 3.8) is 0 Å². The van der Waals surface area contributed by atoms with Crippen LogP contribution in [-0.2, 0) is 9.53 Å². The molecule has 2 rings (SSSR count). The quantitative estimate of drug-likeness (QED) is 0.870. The molecular weight excluding hydrogens is 290 g/mol. The number of carbonyl (C=O) groups is 1. The lowest BCUT2D eigenvalue weighted by molar-refractivity contribution is -0.135. The highest BCUT2D eigenvalue weighted by atomic mass is 16.5. The van der Waals surface area contributed by atoms with Crippen molar-refractivity contribution in [2.24, 2.45) is 0 Å². The molecule has 1 N–H and O–H groups in total. The van der Waals surface area contributed by atoms with E-state index in [1.54, 1.807) is 0 Å². The third-order valence-corrected chi connectivity index (χ3v) is 4.33. The number of para-hydroxylation sites is 1. The third-order valence-electron chi connectivity index (χ3n) is 4.33. The molecule has 4 heteroatoms. The lowest BCUT2D eigenvalue weighted by Gasteiger charge is -2.30. The fourth-order valence-corrected chi connectivity index (χ4v) is 2.84. The van der Waals surface area contributed by atoms with Crippen LogP contribution < -0.4 is 10.1 Å². The molecule has 2 atom stereocenters. The van der Waals surface area contributed by atoms with Crippen molar-refractivity contribution in [2.75, 3.05) is 6.61 Å². The largest absolute Gasteiger partial charge is 0.478 e. The molecule has 4 nitrogen and oxygen atoms in total. The predicted molar refractivity (Wildman–Crippen MR) is 91.8 cm³/mol. The van der Waals surface area contributed by atoms with E-state index in [0.717, 1.165) is 30.8 Å². The minimum atomic E-state index is -0.933. The van der Waals surface area contributed by atoms with E-state index in [9.17, 15) is 4.79 Å². The number of benzene rings is 1. The molecule has 0 aromatic heterocycles. The first-order chi connectivity index (χ1) is 10.8. The zero-order valence-corrected chi connectivity index (χ0v) is 14.9. The summed E-state index contributed by atoms with van der Waals surface area (Å²) in [6.07, 6.45) is 2.17. The lowest BCUT2D eigenvalue weighted by atomic mass is 10.0. The Kier molecular flexibility index (Phi) is 5.69. The van der Waals surface area contributed by atoms with Crippen LogP contribution in [0.2, 0.25) is 0 Å². The van der Waals surface area contributed by atoms with Crippen molar-refractivity contribution in [1.82, 2.24) is 5.32 Å². The van der Waals surface area contributed by atoms with Gasteiger partial charge in [-0.3, -0.25) is 4.79 Å². The molecule has 1 saturated heterocycles. The van der Waals surface area contributed by atoms with Crippen LogP contribution in [-0.4, -0.2) is 30.3 Å². The lowest BCUT2D eigenvalue weighted by Crippen LogP contribution is -2.52. The van der Waals surface area contributed by atoms with Gasteiger partial charge in [0.15, 0.2) is 5.60 Å². The van der Waals surface area contributed by atoms with Crippen LogP contribution in [0.25, 0.3) is 0 Å². The molecule has 1 fully saturated rings. The molecule has 0 spiro atoms. The van der Waals surface area contributed by atoms with Crippen molar-refractivity contribution in [3.05, 3.63) is 29.8 Å². The Morgan fingerprint density at radius 2 is 2.00 bits per heavy atom. The maximum absolute atomic E-state index is 12.6. The highest BCUT2D eigenvalue weighted by molar-refractivity contribution is 5.85. The van der Waals surface area contributed by atoms with E-state index in [-0.39, 0.29) is 18.1 Å². The first-order valence-electron chi connectivity index (χ1n) is 8.52. The number of carbonyl (C=O) groups excluding carboxylic acids is 1. The monoisotopic (exact) mass is 319 g/mol. The summed E-state index contributed by atoms with van der Waals surface area (Å²) in [6.45, 7) is 10.6. The van der Waals surface area contributed by atoms with Gasteiger partial charge in [0, 0.05) is 6.61 Å². The Hall–Kier alpha value is -1.55. The Bertz CT molecular complexity index is 533. The van der Waals surface area contributed by atoms with Gasteiger partial charge in [-0.25, -0.2) is 0 Å². The molecule has 1 aromatic rings. The average Bonchev–Trinajstić information content (AvgIpc) is 3.01. The van der Waals surface area contributed by atoms with Crippen molar-refractivity contribution < 1.29 is 14.3 Å². The van der Waals surface area contributed by atoms with Gasteiger partial charge >= 0.3 is 0 Å². The van der Waals surface area contributed by atoms with Crippen LogP contribution in [0.5, 0.6) is 5.75 Å². The average molecular weight is 319 g/mol. The number of ether oxygens (including phenoxy) is 2. The smallest absolute Gasteiger partial charge is 0.263 e. The molecule has 1 amide bonds. The molecule has 0 unspecified atom stereocenters. The Balaban J connectivity index is 2.04. The molecule has 23 heavy (non-hydrogen) atoms. The predicted octanol–water partition coefficient (Wildman–Crippen LogP) is 3.65. The molecule has 1 aliphatic rings. The van der Waals surface area contributed by atoms with Crippen molar-refractivity contribution in [1.29, 1.82) is 0 Å². The van der Waals surface area contributed by atoms with Gasteiger partial charge < -0.3 is 14.8 Å². The first kappa shape index (κ1) is 17.8. The maximum Gasteiger partial charge on any atom is 0.263 e. The zero-order valence-electron chi connectivity index (χ0n) is 14.9. The summed E-state index contributed by atoms with van der Waals surface area (Å²) in [6, 6.07) is 7.89. The van der Waals surface area contributed by atoms with E-state index >= 15 is 0 Å². The van der Waals surface area contributed by atoms with E-state index in [4.69, 9.17) is 9.47 Å². The minimum absolute atomic E-state index is 0.00628. The molecule has 0 saturated carbocycles. The summed E-state index contributed by atoms with van der Waals surface area (Å²) in [5.74, 6) is 1.00. The number of rotatable bonds is 6. The molecule has 1 heterocycles. The molecule has 0 bridgehead atoms. The summed E-state index contributed by atoms with van der Waals surface area (Å²) in [7, 11) is 0. The van der Waals surface area contributed by atoms with E-state index < -0.39 is 5.60 Å². The van der Waals surface area contributed by atoms with Gasteiger partial charge in [0.1, 0.15) is 5.75 Å². The van der Waals surface area contributed by atoms with Gasteiger partial charge in [0.2, 0.25) is 0 Å². The maximum atomic E-state index is 12.6. The highest BCUT2D eigenvalue weighted by Crippen LogP contribution is 2.29. The van der Waals surface area contributed by atoms with Crippen LogP contribution in [0.15, 0.2) is 24.3 Å². The standard InChI is InChI=1S/C19H29NO3/c1-13(2)15-9-6-7-10-17(15)23-19(4,5)18(21)20-14(3)16-11-8-12-22-16/h6-7,9-10,13-14,16H,8,11-12H2,1-5H3,(H,20,21)/t14-,16+/m1/s1. The van der Waals surface area contributed by atoms with Crippen LogP contribution >= 0.6 is 0 Å². The van der Waals surface area contributed by atoms with Crippen LogP contribution in [0.1, 0.15) is 58.9 Å². The number of amides is 1. The SMILES string of the molecule is CC(C)c1ccccc1OC(C)(C)C(=O)N[C@H](C)[C@@H]1CCCO1. The van der Waals surface area contributed by atoms with Crippen LogP contribution in [0.4, 0.5) is 0 Å². The van der Waals surface area contributed by atoms with E-state index in [2.05, 4.69) is 19.2 Å². The zero-order chi connectivity index (χ0) is 17.0. The highest BCUT2D eigenvalue weighted by Gasteiger charge is 2.34. The molecule has 0 radical (unpaired) electrons. The fraction of sp³-hybridized carbons (Fsp3) is 0.632. The first-order valence-corrected chi connectivity index (χ1v) is 8.52. The summed E-state index contributed by atoms with van der Waals surface area (Å²) in [5.41, 5.74) is 0.179. The van der Waals surface area contributed by atoms with E-state index in [0.29, 0.717) is 5.92 Å². The number of hydrogen-bond acceptors (Lipinski definition) is 3. The van der Waals surface area contributed by atoms with Crippen molar-refractivity contribution in [2.45, 2.75) is 71.1 Å². The van der Waals surface area contributed by atoms with Crippen molar-refractivity contribution >= 4 is 5.91 Å². The molecule has 128 valence electrons. The van der Waals surface area contributed by atoms with Gasteiger partial charge in [0.05, 0.1) is 12.1 Å². The Labute approximate surface area is 139 Å². The molecular formula is C19H29NO3. The normalized spacial score (nSPS) is 19.7. The second kappa shape index (κ2) is 7.35. The van der Waals surface area contributed by atoms with E-state index in [1.807, 2.05) is 45.0 Å². The van der Waals surface area contributed by atoms with Crippen LogP contribution in [0.3, 0.4) is 0 Å². The van der Waals surface area contributed by atoms with Gasteiger partial charge in [-0.15, -0.1) is 0 Å². The van der Waals surface area contributed by atoms with Gasteiger partial charge in [-0.2, -0.15) is 0 Å². The fourth-order valence-electron chi connectivity index (χ4n) is 2.84. The van der Waals surface area contributed by atoms with Gasteiger partial charge in [-0.1, -0.05) is 32.0 Å². The molecule has 1 aliphatic heterocycles. The Morgan fingerprint density at radius 3 is 2.61 bits per heavy atom. The minimum Gasteiger partial charge on any atom is -0.478 e. The summed E-state index contributed by atoms with van der Waals surface area (Å²) >= 11 is 0. The summed E-state index contributed by atoms with van der Waals surface area (Å²) in [4.78, 5) is 12.6. The molecule has 0 aliphatic carbocycles. The van der Waals surface area contributed by atoms with Crippen molar-refractivity contribution in [3.8, 4) is 5.75 Å². The number of nitrogens with one attached hydrogen (secondary N) is 1. The van der Waals surface area contributed by atoms with Crippen LogP contribution in [0, 0.1) is 0 Å². The summed E-state index contributed by atoms with van der Waals surface area (Å²) in [5, 5.41) is 3.04. The van der Waals surface area contributed by atoms with E-state index in [1.165, 1.54) is 0 Å². The summed E-state index contributed by atoms with van der Waals surface area (Å²) < 4.78 is 11.7. The second-order valence-corrected chi connectivity index (χ2v) is 7.12. The third kappa shape index (κ3) is 4.47.